The van der Waals surface area contributed by atoms with Crippen molar-refractivity contribution < 1.29 is 30.3 Å². The van der Waals surface area contributed by atoms with E-state index in [1.807, 2.05) is 11.9 Å². The fraction of sp³-hybridized carbons (Fsp3) is 1.00. The predicted molar refractivity (Wildman–Crippen MR) is 76.4 cm³/mol. The van der Waals surface area contributed by atoms with Gasteiger partial charge in [0.25, 0.3) is 0 Å². The second-order valence-electron chi connectivity index (χ2n) is 6.01. The van der Waals surface area contributed by atoms with Crippen molar-refractivity contribution in [3.63, 3.8) is 0 Å². The number of hydrogen-bond acceptors (Lipinski definition) is 5. The van der Waals surface area contributed by atoms with Crippen LogP contribution in [0.5, 0.6) is 0 Å². The number of likely N-dealkylation sites (N-methyl/N-ethyl adjacent to an activating group) is 2. The van der Waals surface area contributed by atoms with Gasteiger partial charge >= 0.3 is 15.6 Å². The van der Waals surface area contributed by atoms with E-state index >= 15 is 0 Å². The molecule has 23 heavy (non-hydrogen) atoms. The average Bonchev–Trinajstić information content (AvgIpc) is 2.44. The zero-order valence-electron chi connectivity index (χ0n) is 13.2. The van der Waals surface area contributed by atoms with Crippen molar-refractivity contribution >= 4 is 10.1 Å². The Hall–Kier alpha value is -1.07. The fourth-order valence-electron chi connectivity index (χ4n) is 2.53. The van der Waals surface area contributed by atoms with Crippen LogP contribution in [0.1, 0.15) is 6.92 Å². The van der Waals surface area contributed by atoms with Gasteiger partial charge in [-0.15, -0.1) is 0 Å². The molecule has 1 heterocycles. The van der Waals surface area contributed by atoms with Crippen molar-refractivity contribution in [1.29, 1.82) is 0 Å². The van der Waals surface area contributed by atoms with Gasteiger partial charge in [0, 0.05) is 30.5 Å². The molecule has 0 spiro atoms. The third-order valence-corrected chi connectivity index (χ3v) is 5.05. The minimum atomic E-state index is -5.73. The standard InChI is InChI=1S/C11H21F3N5O3S/c1-9(8-16-17-15)10(22-23(20,21)11(12,13)14)19(3)6-4-18(2)5-7-19/h9-10H,4-8H2,1-3H3/q+1. The lowest BCUT2D eigenvalue weighted by Crippen LogP contribution is -2.64. The highest BCUT2D eigenvalue weighted by atomic mass is 32.2. The van der Waals surface area contributed by atoms with Crippen LogP contribution in [-0.4, -0.2) is 76.4 Å². The first-order valence-corrected chi connectivity index (χ1v) is 8.37. The van der Waals surface area contributed by atoms with E-state index in [9.17, 15) is 21.6 Å². The number of hydrogen-bond donors (Lipinski definition) is 0. The highest BCUT2D eigenvalue weighted by Gasteiger charge is 2.53. The van der Waals surface area contributed by atoms with E-state index in [1.165, 1.54) is 6.92 Å². The second kappa shape index (κ2) is 7.22. The van der Waals surface area contributed by atoms with E-state index in [0.29, 0.717) is 26.2 Å². The normalized spacial score (nSPS) is 22.2. The van der Waals surface area contributed by atoms with Crippen molar-refractivity contribution in [2.45, 2.75) is 18.7 Å². The number of nitrogens with zero attached hydrogens (tertiary/aromatic N) is 5. The third-order valence-electron chi connectivity index (χ3n) is 4.03. The van der Waals surface area contributed by atoms with Crippen LogP contribution in [0.25, 0.3) is 10.4 Å². The van der Waals surface area contributed by atoms with Crippen molar-refractivity contribution in [2.75, 3.05) is 46.8 Å². The Morgan fingerprint density at radius 3 is 2.35 bits per heavy atom. The maximum atomic E-state index is 12.7. The second-order valence-corrected chi connectivity index (χ2v) is 7.57. The summed E-state index contributed by atoms with van der Waals surface area (Å²) in [6, 6.07) is 0. The molecule has 12 heteroatoms. The first-order valence-electron chi connectivity index (χ1n) is 6.96. The molecular formula is C11H21F3N5O3S+. The number of azide groups is 1. The topological polar surface area (TPSA) is 95.4 Å². The van der Waals surface area contributed by atoms with Gasteiger partial charge in [-0.3, -0.25) is 9.38 Å². The van der Waals surface area contributed by atoms with Crippen LogP contribution in [-0.2, 0) is 14.3 Å². The van der Waals surface area contributed by atoms with Crippen LogP contribution in [0.2, 0.25) is 0 Å². The zero-order chi connectivity index (χ0) is 17.9. The Morgan fingerprint density at radius 1 is 1.39 bits per heavy atom. The van der Waals surface area contributed by atoms with Gasteiger partial charge in [-0.1, -0.05) is 12.0 Å². The molecule has 0 aromatic heterocycles. The molecule has 0 saturated carbocycles. The number of rotatable bonds is 6. The molecular weight excluding hydrogens is 339 g/mol. The molecule has 1 rings (SSSR count). The zero-order valence-corrected chi connectivity index (χ0v) is 14.0. The molecule has 0 bridgehead atoms. The highest BCUT2D eigenvalue weighted by Crippen LogP contribution is 2.31. The molecule has 0 N–H and O–H groups in total. The van der Waals surface area contributed by atoms with Gasteiger partial charge in [0.2, 0.25) is 6.23 Å². The Labute approximate surface area is 133 Å². The van der Waals surface area contributed by atoms with Crippen molar-refractivity contribution in [1.82, 2.24) is 4.90 Å². The van der Waals surface area contributed by atoms with E-state index in [2.05, 4.69) is 14.2 Å². The first-order chi connectivity index (χ1) is 10.4. The molecule has 0 aromatic rings. The Kier molecular flexibility index (Phi) is 6.27. The van der Waals surface area contributed by atoms with Crippen LogP contribution in [0.3, 0.4) is 0 Å². The van der Waals surface area contributed by atoms with Gasteiger partial charge in [0.1, 0.15) is 0 Å². The molecule has 2 unspecified atom stereocenters. The lowest BCUT2D eigenvalue weighted by molar-refractivity contribution is -0.958. The van der Waals surface area contributed by atoms with Crippen LogP contribution in [0.15, 0.2) is 5.11 Å². The molecule has 1 saturated heterocycles. The average molecular weight is 360 g/mol. The Bertz CT molecular complexity index is 554. The third kappa shape index (κ3) is 4.95. The van der Waals surface area contributed by atoms with Gasteiger partial charge in [-0.25, -0.2) is 4.18 Å². The molecule has 0 aromatic carbocycles. The van der Waals surface area contributed by atoms with Crippen LogP contribution < -0.4 is 0 Å². The minimum Gasteiger partial charge on any atom is -0.298 e. The summed E-state index contributed by atoms with van der Waals surface area (Å²) in [5.41, 5.74) is 2.88. The number of quaternary nitrogens is 1. The summed E-state index contributed by atoms with van der Waals surface area (Å²) in [6.45, 7) is 3.39. The minimum absolute atomic E-state index is 0.00175. The molecule has 1 fully saturated rings. The van der Waals surface area contributed by atoms with Gasteiger partial charge < -0.3 is 0 Å². The van der Waals surface area contributed by atoms with Crippen molar-refractivity contribution in [2.24, 2.45) is 11.0 Å². The van der Waals surface area contributed by atoms with Crippen LogP contribution in [0.4, 0.5) is 13.2 Å². The Balaban J connectivity index is 3.09. The molecule has 0 aliphatic carbocycles. The van der Waals surface area contributed by atoms with Crippen LogP contribution in [0, 0.1) is 5.92 Å². The molecule has 0 amide bonds. The Morgan fingerprint density at radius 2 is 1.91 bits per heavy atom. The number of piperazine rings is 1. The van der Waals surface area contributed by atoms with Crippen molar-refractivity contribution in [3.05, 3.63) is 10.4 Å². The number of halogens is 3. The summed E-state index contributed by atoms with van der Waals surface area (Å²) < 4.78 is 65.4. The highest BCUT2D eigenvalue weighted by molar-refractivity contribution is 7.87. The summed E-state index contributed by atoms with van der Waals surface area (Å²) >= 11 is 0. The summed E-state index contributed by atoms with van der Waals surface area (Å²) in [5, 5.41) is 3.33. The van der Waals surface area contributed by atoms with E-state index < -0.39 is 27.8 Å². The summed E-state index contributed by atoms with van der Waals surface area (Å²) in [4.78, 5) is 4.56. The van der Waals surface area contributed by atoms with E-state index in [4.69, 9.17) is 5.53 Å². The SMILES string of the molecule is CC(CN=[N+]=[N-])C(OS(=O)(=O)C(F)(F)F)[N+]1(C)CCN(C)CC1. The van der Waals surface area contributed by atoms with E-state index in [1.54, 1.807) is 7.05 Å². The van der Waals surface area contributed by atoms with E-state index in [0.717, 1.165) is 0 Å². The monoisotopic (exact) mass is 360 g/mol. The maximum Gasteiger partial charge on any atom is 0.523 e. The maximum absolute atomic E-state index is 12.7. The summed E-state index contributed by atoms with van der Waals surface area (Å²) in [7, 11) is -2.21. The van der Waals surface area contributed by atoms with E-state index in [-0.39, 0.29) is 11.0 Å². The number of alkyl halides is 3. The summed E-state index contributed by atoms with van der Waals surface area (Å²) in [5.74, 6) is -0.698. The fourth-order valence-corrected chi connectivity index (χ4v) is 3.30. The quantitative estimate of drug-likeness (QED) is 0.179. The van der Waals surface area contributed by atoms with Crippen LogP contribution >= 0.6 is 0 Å². The van der Waals surface area contributed by atoms with Crippen molar-refractivity contribution in [3.8, 4) is 0 Å². The molecule has 0 radical (unpaired) electrons. The molecule has 1 aliphatic heterocycles. The smallest absolute Gasteiger partial charge is 0.298 e. The molecule has 134 valence electrons. The predicted octanol–water partition coefficient (Wildman–Crippen LogP) is 1.52. The first kappa shape index (κ1) is 20.0. The molecule has 8 nitrogen and oxygen atoms in total. The van der Waals surface area contributed by atoms with Gasteiger partial charge in [0.05, 0.1) is 20.1 Å². The lowest BCUT2D eigenvalue weighted by Gasteiger charge is -2.46. The molecule has 1 aliphatic rings. The van der Waals surface area contributed by atoms with Gasteiger partial charge in [-0.05, 0) is 12.6 Å². The van der Waals surface area contributed by atoms with Gasteiger partial charge in [-0.2, -0.15) is 21.6 Å². The van der Waals surface area contributed by atoms with Gasteiger partial charge in [0.15, 0.2) is 0 Å². The largest absolute Gasteiger partial charge is 0.523 e. The summed E-state index contributed by atoms with van der Waals surface area (Å²) in [6.07, 6.45) is -1.28. The lowest BCUT2D eigenvalue weighted by atomic mass is 10.1. The molecule has 2 atom stereocenters.